The summed E-state index contributed by atoms with van der Waals surface area (Å²) in [6.45, 7) is 11.5. The number of nitrogens with zero attached hydrogens (tertiary/aromatic N) is 6. The van der Waals surface area contributed by atoms with Gasteiger partial charge in [0, 0.05) is 24.6 Å². The van der Waals surface area contributed by atoms with Crippen LogP contribution in [0.2, 0.25) is 0 Å². The highest BCUT2D eigenvalue weighted by atomic mass is 16.5. The van der Waals surface area contributed by atoms with Gasteiger partial charge in [-0.25, -0.2) is 11.6 Å². The van der Waals surface area contributed by atoms with E-state index in [1.165, 1.54) is 0 Å². The van der Waals surface area contributed by atoms with Crippen LogP contribution in [0.5, 0.6) is 0 Å². The van der Waals surface area contributed by atoms with Gasteiger partial charge in [-0.05, 0) is 25.8 Å². The van der Waals surface area contributed by atoms with Gasteiger partial charge >= 0.3 is 0 Å². The quantitative estimate of drug-likeness (QED) is 0.478. The lowest BCUT2D eigenvalue weighted by Crippen LogP contribution is -2.44. The lowest BCUT2D eigenvalue weighted by atomic mass is 9.82. The summed E-state index contributed by atoms with van der Waals surface area (Å²) < 4.78 is 7.31. The van der Waals surface area contributed by atoms with Crippen LogP contribution < -0.4 is 4.90 Å². The molecule has 9 nitrogen and oxygen atoms in total. The minimum absolute atomic E-state index is 0.173. The van der Waals surface area contributed by atoms with Crippen molar-refractivity contribution in [1.29, 1.82) is 0 Å². The highest BCUT2D eigenvalue weighted by Crippen LogP contribution is 2.31. The molecular weight excluding hydrogens is 406 g/mol. The van der Waals surface area contributed by atoms with Crippen LogP contribution >= 0.6 is 0 Å². The molecule has 5 rings (SSSR count). The van der Waals surface area contributed by atoms with Gasteiger partial charge in [-0.1, -0.05) is 11.8 Å². The molecule has 3 aromatic heterocycles. The molecule has 9 heteroatoms. The van der Waals surface area contributed by atoms with Crippen LogP contribution in [-0.2, 0) is 4.74 Å². The van der Waals surface area contributed by atoms with E-state index in [4.69, 9.17) is 16.3 Å². The fraction of sp³-hybridized carbons (Fsp3) is 0.478. The Balaban J connectivity index is 1.61. The number of ether oxygens (including phenoxy) is 1. The maximum Gasteiger partial charge on any atom is 0.227 e. The van der Waals surface area contributed by atoms with Gasteiger partial charge in [0.2, 0.25) is 6.04 Å². The van der Waals surface area contributed by atoms with Crippen LogP contribution in [0.1, 0.15) is 38.2 Å². The summed E-state index contributed by atoms with van der Waals surface area (Å²) in [4.78, 5) is 10.8. The first-order chi connectivity index (χ1) is 15.6. The van der Waals surface area contributed by atoms with E-state index in [1.807, 2.05) is 12.1 Å². The molecule has 0 radical (unpaired) electrons. The third-order valence-electron chi connectivity index (χ3n) is 6.22. The lowest BCUT2D eigenvalue weighted by Gasteiger charge is -2.34. The van der Waals surface area contributed by atoms with E-state index in [0.29, 0.717) is 37.5 Å². The maximum absolute atomic E-state index is 11.0. The zero-order valence-corrected chi connectivity index (χ0v) is 18.0. The molecule has 3 atom stereocenters. The Morgan fingerprint density at radius 1 is 1.44 bits per heavy atom. The summed E-state index contributed by atoms with van der Waals surface area (Å²) in [5.41, 5.74) is 0.284. The van der Waals surface area contributed by atoms with Gasteiger partial charge in [-0.2, -0.15) is 14.9 Å². The average Bonchev–Trinajstić information content (AvgIpc) is 3.47. The topological polar surface area (TPSA) is 96.5 Å². The number of rotatable bonds is 2. The van der Waals surface area contributed by atoms with Crippen LogP contribution in [0.15, 0.2) is 24.5 Å². The Hall–Kier alpha value is -3.40. The van der Waals surface area contributed by atoms with Gasteiger partial charge < -0.3 is 19.6 Å². The van der Waals surface area contributed by atoms with Crippen LogP contribution in [0, 0.1) is 18.4 Å². The number of aromatic nitrogens is 5. The van der Waals surface area contributed by atoms with Crippen molar-refractivity contribution >= 4 is 16.9 Å². The molecule has 1 aliphatic carbocycles. The Bertz CT molecular complexity index is 1220. The Morgan fingerprint density at radius 3 is 3.12 bits per heavy atom. The summed E-state index contributed by atoms with van der Waals surface area (Å²) in [6, 6.07) is 3.81. The van der Waals surface area contributed by atoms with Crippen LogP contribution in [0.3, 0.4) is 0 Å². The first-order valence-electron chi connectivity index (χ1n) is 10.9. The second-order valence-electron chi connectivity index (χ2n) is 8.54. The standard InChI is InChI=1S/C23H25N7O2/c1-16-15-32-11-10-29(16)21-12-17(5-8-23(31)7-3-4-18(13-23)24-2)19-14-26-30(22(19)27-21)20-6-9-25-28-20/h6,9,12,14,16,18,31H,3-4,7,10-11,13,15H2,1H3,(H,25,28)/t16-,18?,23?/m1/s1. The van der Waals surface area contributed by atoms with Crippen LogP contribution in [0.4, 0.5) is 5.82 Å². The van der Waals surface area contributed by atoms with E-state index in [2.05, 4.69) is 43.8 Å². The molecule has 164 valence electrons. The van der Waals surface area contributed by atoms with Gasteiger partial charge in [0.25, 0.3) is 0 Å². The highest BCUT2D eigenvalue weighted by Gasteiger charge is 2.36. The van der Waals surface area contributed by atoms with Gasteiger partial charge in [0.1, 0.15) is 11.4 Å². The molecule has 2 aliphatic rings. The number of fused-ring (bicyclic) bond motifs is 1. The molecular formula is C23H25N7O2. The van der Waals surface area contributed by atoms with Crippen molar-refractivity contribution in [2.24, 2.45) is 0 Å². The molecule has 1 saturated carbocycles. The largest absolute Gasteiger partial charge is 0.377 e. The Morgan fingerprint density at radius 2 is 2.34 bits per heavy atom. The van der Waals surface area contributed by atoms with E-state index in [-0.39, 0.29) is 12.1 Å². The third-order valence-corrected chi connectivity index (χ3v) is 6.22. The zero-order chi connectivity index (χ0) is 22.1. The second kappa shape index (κ2) is 8.27. The molecule has 2 unspecified atom stereocenters. The van der Waals surface area contributed by atoms with Gasteiger partial charge in [0.15, 0.2) is 11.5 Å². The molecule has 2 N–H and O–H groups in total. The number of hydrogen-bond acceptors (Lipinski definition) is 6. The van der Waals surface area contributed by atoms with E-state index in [0.717, 1.165) is 36.2 Å². The molecule has 0 aromatic carbocycles. The molecule has 2 fully saturated rings. The van der Waals surface area contributed by atoms with Gasteiger partial charge in [0.05, 0.1) is 43.5 Å². The molecule has 1 saturated heterocycles. The van der Waals surface area contributed by atoms with Crippen LogP contribution in [-0.4, -0.2) is 67.5 Å². The van der Waals surface area contributed by atoms with E-state index >= 15 is 0 Å². The minimum Gasteiger partial charge on any atom is -0.377 e. The van der Waals surface area contributed by atoms with E-state index < -0.39 is 5.60 Å². The van der Waals surface area contributed by atoms with Crippen molar-refractivity contribution < 1.29 is 9.84 Å². The highest BCUT2D eigenvalue weighted by molar-refractivity contribution is 5.85. The number of pyridine rings is 1. The zero-order valence-electron chi connectivity index (χ0n) is 18.0. The predicted molar refractivity (Wildman–Crippen MR) is 119 cm³/mol. The first-order valence-corrected chi connectivity index (χ1v) is 10.9. The fourth-order valence-corrected chi connectivity index (χ4v) is 4.48. The molecule has 4 heterocycles. The molecule has 1 aliphatic heterocycles. The number of aliphatic hydroxyl groups is 1. The summed E-state index contributed by atoms with van der Waals surface area (Å²) in [7, 11) is 0. The van der Waals surface area contributed by atoms with Crippen molar-refractivity contribution in [2.45, 2.75) is 50.3 Å². The molecule has 3 aromatic rings. The SMILES string of the molecule is [C-]#[N+]C1CCCC(O)(C#Cc2cc(N3CCOC[C@H]3C)nc3c2cnn3-c2ccn[nH]2)C1. The fourth-order valence-electron chi connectivity index (χ4n) is 4.48. The van der Waals surface area contributed by atoms with Crippen molar-refractivity contribution in [3.63, 3.8) is 0 Å². The number of anilines is 1. The lowest BCUT2D eigenvalue weighted by molar-refractivity contribution is 0.0583. The van der Waals surface area contributed by atoms with E-state index in [9.17, 15) is 5.11 Å². The van der Waals surface area contributed by atoms with E-state index in [1.54, 1.807) is 17.1 Å². The number of hydrogen-bond donors (Lipinski definition) is 2. The van der Waals surface area contributed by atoms with Crippen molar-refractivity contribution in [2.75, 3.05) is 24.7 Å². The summed E-state index contributed by atoms with van der Waals surface area (Å²) in [5.74, 6) is 7.82. The van der Waals surface area contributed by atoms with Gasteiger partial charge in [-0.15, -0.1) is 0 Å². The van der Waals surface area contributed by atoms with Crippen molar-refractivity contribution in [1.82, 2.24) is 25.0 Å². The summed E-state index contributed by atoms with van der Waals surface area (Å²) in [5, 5.41) is 23.3. The molecule has 0 bridgehead atoms. The minimum atomic E-state index is -1.14. The maximum atomic E-state index is 11.0. The third kappa shape index (κ3) is 3.81. The Kier molecular flexibility index (Phi) is 5.30. The Labute approximate surface area is 186 Å². The van der Waals surface area contributed by atoms with Crippen molar-refractivity contribution in [3.05, 3.63) is 41.5 Å². The summed E-state index contributed by atoms with van der Waals surface area (Å²) in [6.07, 6.45) is 6.01. The van der Waals surface area contributed by atoms with Crippen LogP contribution in [0.25, 0.3) is 21.7 Å². The number of H-pyrrole nitrogens is 1. The number of aromatic amines is 1. The first kappa shape index (κ1) is 20.5. The number of nitrogens with one attached hydrogen (secondary N) is 1. The predicted octanol–water partition coefficient (Wildman–Crippen LogP) is 2.31. The summed E-state index contributed by atoms with van der Waals surface area (Å²) >= 11 is 0. The number of morpholine rings is 1. The average molecular weight is 432 g/mol. The monoisotopic (exact) mass is 431 g/mol. The van der Waals surface area contributed by atoms with Gasteiger partial charge in [-0.3, -0.25) is 5.10 Å². The van der Waals surface area contributed by atoms with Crippen molar-refractivity contribution in [3.8, 4) is 17.7 Å². The molecule has 0 spiro atoms. The second-order valence-corrected chi connectivity index (χ2v) is 8.54. The molecule has 0 amide bonds. The smallest absolute Gasteiger partial charge is 0.227 e. The normalized spacial score (nSPS) is 25.8. The molecule has 32 heavy (non-hydrogen) atoms.